The molecule has 4 nitrogen and oxygen atoms in total. The van der Waals surface area contributed by atoms with Crippen LogP contribution in [-0.4, -0.2) is 22.3 Å². The van der Waals surface area contributed by atoms with E-state index in [1.165, 1.54) is 11.3 Å². The summed E-state index contributed by atoms with van der Waals surface area (Å²) in [5.74, 6) is -2.80. The van der Waals surface area contributed by atoms with Gasteiger partial charge in [-0.15, -0.1) is 11.3 Å². The van der Waals surface area contributed by atoms with Gasteiger partial charge >= 0.3 is 5.97 Å². The van der Waals surface area contributed by atoms with Gasteiger partial charge in [0.1, 0.15) is 6.61 Å². The maximum Gasteiger partial charge on any atom is 0.324 e. The van der Waals surface area contributed by atoms with Crippen LogP contribution in [-0.2, 0) is 14.3 Å². The molecule has 1 amide bonds. The monoisotopic (exact) mass is 315 g/mol. The van der Waals surface area contributed by atoms with Crippen molar-refractivity contribution in [3.63, 3.8) is 0 Å². The predicted octanol–water partition coefficient (Wildman–Crippen LogP) is 2.23. The van der Waals surface area contributed by atoms with Crippen LogP contribution in [0.4, 0.5) is 0 Å². The molecule has 1 atom stereocenters. The van der Waals surface area contributed by atoms with Gasteiger partial charge in [0.05, 0.1) is 0 Å². The highest BCUT2D eigenvalue weighted by molar-refractivity contribution is 7.10. The predicted molar refractivity (Wildman–Crippen MR) is 67.5 cm³/mol. The zero-order valence-electron chi connectivity index (χ0n) is 8.36. The smallest absolute Gasteiger partial charge is 0.324 e. The van der Waals surface area contributed by atoms with E-state index in [4.69, 9.17) is 45.3 Å². The van der Waals surface area contributed by atoms with Crippen molar-refractivity contribution < 1.29 is 14.3 Å². The van der Waals surface area contributed by atoms with Crippen LogP contribution in [0.3, 0.4) is 0 Å². The van der Waals surface area contributed by atoms with Gasteiger partial charge in [0, 0.05) is 4.88 Å². The van der Waals surface area contributed by atoms with Crippen molar-refractivity contribution >= 4 is 58.0 Å². The van der Waals surface area contributed by atoms with Crippen LogP contribution in [0.1, 0.15) is 10.8 Å². The van der Waals surface area contributed by atoms with Gasteiger partial charge in [-0.2, -0.15) is 0 Å². The highest BCUT2D eigenvalue weighted by Gasteiger charge is 2.31. The topological polar surface area (TPSA) is 69.4 Å². The Hall–Kier alpha value is -0.490. The van der Waals surface area contributed by atoms with E-state index < -0.39 is 28.2 Å². The molecule has 0 radical (unpaired) electrons. The van der Waals surface area contributed by atoms with Crippen molar-refractivity contribution in [1.29, 1.82) is 0 Å². The van der Waals surface area contributed by atoms with Gasteiger partial charge in [-0.1, -0.05) is 40.9 Å². The summed E-state index contributed by atoms with van der Waals surface area (Å²) in [7, 11) is 0. The standard InChI is InChI=1S/C9H8Cl3NO3S/c10-9(11,12)4-16-8(15)6(7(13)14)5-2-1-3-17-5/h1-3,6H,4H2,(H2,13,14). The fourth-order valence-electron chi connectivity index (χ4n) is 1.06. The van der Waals surface area contributed by atoms with Gasteiger partial charge < -0.3 is 10.5 Å². The molecule has 0 bridgehead atoms. The quantitative estimate of drug-likeness (QED) is 0.526. The normalized spacial score (nSPS) is 13.1. The Labute approximate surface area is 117 Å². The number of hydrogen-bond acceptors (Lipinski definition) is 4. The maximum absolute atomic E-state index is 11.6. The fourth-order valence-corrected chi connectivity index (χ4v) is 2.05. The molecular formula is C9H8Cl3NO3S. The van der Waals surface area contributed by atoms with Gasteiger partial charge in [-0.3, -0.25) is 9.59 Å². The summed E-state index contributed by atoms with van der Waals surface area (Å²) in [6.07, 6.45) is 0. The van der Waals surface area contributed by atoms with Crippen LogP contribution in [0.5, 0.6) is 0 Å². The van der Waals surface area contributed by atoms with Crippen molar-refractivity contribution in [2.75, 3.05) is 6.61 Å². The number of thiophene rings is 1. The lowest BCUT2D eigenvalue weighted by Crippen LogP contribution is -2.31. The summed E-state index contributed by atoms with van der Waals surface area (Å²) in [6, 6.07) is 3.30. The second-order valence-electron chi connectivity index (χ2n) is 3.07. The molecule has 0 fully saturated rings. The number of esters is 1. The molecule has 1 heterocycles. The fraction of sp³-hybridized carbons (Fsp3) is 0.333. The summed E-state index contributed by atoms with van der Waals surface area (Å²) < 4.78 is 3.01. The third-order valence-electron chi connectivity index (χ3n) is 1.73. The van der Waals surface area contributed by atoms with E-state index in [2.05, 4.69) is 0 Å². The van der Waals surface area contributed by atoms with Crippen LogP contribution < -0.4 is 5.73 Å². The van der Waals surface area contributed by atoms with Crippen LogP contribution in [0.25, 0.3) is 0 Å². The highest BCUT2D eigenvalue weighted by atomic mass is 35.6. The number of amides is 1. The van der Waals surface area contributed by atoms with Crippen molar-refractivity contribution in [3.8, 4) is 0 Å². The maximum atomic E-state index is 11.6. The molecule has 8 heteroatoms. The summed E-state index contributed by atoms with van der Waals surface area (Å²) >= 11 is 17.5. The zero-order valence-corrected chi connectivity index (χ0v) is 11.4. The first kappa shape index (κ1) is 14.6. The Balaban J connectivity index is 2.73. The van der Waals surface area contributed by atoms with Crippen molar-refractivity contribution in [3.05, 3.63) is 22.4 Å². The van der Waals surface area contributed by atoms with E-state index in [0.717, 1.165) is 0 Å². The second kappa shape index (κ2) is 5.91. The van der Waals surface area contributed by atoms with E-state index >= 15 is 0 Å². The molecule has 17 heavy (non-hydrogen) atoms. The summed E-state index contributed by atoms with van der Waals surface area (Å²) in [5, 5.41) is 1.72. The number of alkyl halides is 3. The molecule has 1 unspecified atom stereocenters. The van der Waals surface area contributed by atoms with Crippen LogP contribution in [0.2, 0.25) is 0 Å². The van der Waals surface area contributed by atoms with E-state index in [1.807, 2.05) is 0 Å². The van der Waals surface area contributed by atoms with Gasteiger partial charge in [-0.05, 0) is 11.4 Å². The third kappa shape index (κ3) is 4.71. The van der Waals surface area contributed by atoms with E-state index in [1.54, 1.807) is 17.5 Å². The number of rotatable bonds is 4. The minimum absolute atomic E-state index is 0.439. The molecular weight excluding hydrogens is 309 g/mol. The molecule has 0 aliphatic carbocycles. The zero-order chi connectivity index (χ0) is 13.1. The van der Waals surface area contributed by atoms with Crippen LogP contribution in [0.15, 0.2) is 17.5 Å². The lowest BCUT2D eigenvalue weighted by Gasteiger charge is -2.14. The Kier molecular flexibility index (Phi) is 5.06. The first-order valence-corrected chi connectivity index (χ1v) is 6.38. The molecule has 0 saturated heterocycles. The Bertz CT molecular complexity index is 402. The average molecular weight is 317 g/mol. The van der Waals surface area contributed by atoms with Crippen molar-refractivity contribution in [2.45, 2.75) is 9.71 Å². The molecule has 1 aromatic rings. The molecule has 1 aromatic heterocycles. The molecule has 0 aromatic carbocycles. The lowest BCUT2D eigenvalue weighted by molar-refractivity contribution is -0.147. The van der Waals surface area contributed by atoms with Gasteiger partial charge in [0.2, 0.25) is 9.70 Å². The van der Waals surface area contributed by atoms with Crippen LogP contribution in [0, 0.1) is 0 Å². The van der Waals surface area contributed by atoms with E-state index in [-0.39, 0.29) is 0 Å². The van der Waals surface area contributed by atoms with E-state index in [0.29, 0.717) is 4.88 Å². The number of hydrogen-bond donors (Lipinski definition) is 1. The van der Waals surface area contributed by atoms with Crippen molar-refractivity contribution in [2.24, 2.45) is 5.73 Å². The molecule has 0 aliphatic heterocycles. The van der Waals surface area contributed by atoms with Gasteiger partial charge in [0.25, 0.3) is 0 Å². The van der Waals surface area contributed by atoms with Gasteiger partial charge in [0.15, 0.2) is 5.92 Å². The minimum atomic E-state index is -1.71. The number of halogens is 3. The van der Waals surface area contributed by atoms with E-state index in [9.17, 15) is 9.59 Å². The first-order valence-electron chi connectivity index (χ1n) is 4.37. The number of carbonyl (C=O) groups is 2. The molecule has 0 aliphatic rings. The minimum Gasteiger partial charge on any atom is -0.460 e. The Morgan fingerprint density at radius 1 is 1.47 bits per heavy atom. The first-order chi connectivity index (χ1) is 7.81. The second-order valence-corrected chi connectivity index (χ2v) is 6.57. The Morgan fingerprint density at radius 2 is 2.12 bits per heavy atom. The third-order valence-corrected chi connectivity index (χ3v) is 2.99. The SMILES string of the molecule is NC(=O)C(C(=O)OCC(Cl)(Cl)Cl)c1cccs1. The molecule has 1 rings (SSSR count). The highest BCUT2D eigenvalue weighted by Crippen LogP contribution is 2.28. The summed E-state index contributed by atoms with van der Waals surface area (Å²) in [5.41, 5.74) is 5.14. The molecule has 94 valence electrons. The molecule has 2 N–H and O–H groups in total. The number of carbonyl (C=O) groups excluding carboxylic acids is 2. The number of ether oxygens (including phenoxy) is 1. The summed E-state index contributed by atoms with van der Waals surface area (Å²) in [6.45, 7) is -0.439. The Morgan fingerprint density at radius 3 is 2.53 bits per heavy atom. The lowest BCUT2D eigenvalue weighted by atomic mass is 10.1. The van der Waals surface area contributed by atoms with Crippen molar-refractivity contribution in [1.82, 2.24) is 0 Å². The average Bonchev–Trinajstić information content (AvgIpc) is 2.66. The number of nitrogens with two attached hydrogens (primary N) is 1. The number of primary amides is 1. The molecule has 0 saturated carbocycles. The van der Waals surface area contributed by atoms with Gasteiger partial charge in [-0.25, -0.2) is 0 Å². The molecule has 0 spiro atoms. The summed E-state index contributed by atoms with van der Waals surface area (Å²) in [4.78, 5) is 23.3. The largest absolute Gasteiger partial charge is 0.460 e. The van der Waals surface area contributed by atoms with Crippen LogP contribution >= 0.6 is 46.1 Å².